The molecule has 1 aliphatic rings. The molecule has 1 N–H and O–H groups in total. The molecule has 0 spiro atoms. The van der Waals surface area contributed by atoms with Crippen molar-refractivity contribution in [3.05, 3.63) is 94.5 Å². The number of alkyl halides is 2. The van der Waals surface area contributed by atoms with Crippen molar-refractivity contribution in [1.82, 2.24) is 0 Å². The summed E-state index contributed by atoms with van der Waals surface area (Å²) in [4.78, 5) is 0. The number of allylic oxidation sites excluding steroid dienone is 3. The molecule has 23 heavy (non-hydrogen) atoms. The van der Waals surface area contributed by atoms with Crippen LogP contribution in [0.2, 0.25) is 5.02 Å². The fourth-order valence-electron chi connectivity index (χ4n) is 2.86. The molecule has 0 fully saturated rings. The van der Waals surface area contributed by atoms with E-state index in [1.165, 1.54) is 12.2 Å². The van der Waals surface area contributed by atoms with Crippen molar-refractivity contribution in [3.63, 3.8) is 0 Å². The Labute approximate surface area is 144 Å². The van der Waals surface area contributed by atoms with Crippen molar-refractivity contribution in [3.8, 4) is 0 Å². The molecule has 118 valence electrons. The molecule has 0 aromatic heterocycles. The minimum absolute atomic E-state index is 0.108. The molecule has 2 aromatic carbocycles. The van der Waals surface area contributed by atoms with Crippen LogP contribution in [0.1, 0.15) is 17.5 Å². The largest absolute Gasteiger partial charge is 0.376 e. The standard InChI is InChI=1S/C19H15Cl2FO/c20-17-10-4-8-15(12-17)19(23,14-6-2-1-3-7-14)16-9-5-11-18(21,22)13-16/h1-12,23H,13H2. The van der Waals surface area contributed by atoms with Gasteiger partial charge in [0, 0.05) is 11.4 Å². The molecular weight excluding hydrogens is 334 g/mol. The van der Waals surface area contributed by atoms with Crippen LogP contribution in [-0.2, 0) is 5.60 Å². The lowest BCUT2D eigenvalue weighted by Gasteiger charge is -2.35. The first kappa shape index (κ1) is 16.3. The van der Waals surface area contributed by atoms with Crippen molar-refractivity contribution >= 4 is 23.2 Å². The van der Waals surface area contributed by atoms with Crippen LogP contribution in [0.4, 0.5) is 4.39 Å². The molecule has 2 aromatic rings. The van der Waals surface area contributed by atoms with Gasteiger partial charge < -0.3 is 5.11 Å². The van der Waals surface area contributed by atoms with E-state index >= 15 is 0 Å². The average Bonchev–Trinajstić information content (AvgIpc) is 2.54. The Bertz CT molecular complexity index is 768. The van der Waals surface area contributed by atoms with Crippen molar-refractivity contribution in [1.29, 1.82) is 0 Å². The van der Waals surface area contributed by atoms with Crippen LogP contribution in [0.5, 0.6) is 0 Å². The molecule has 0 radical (unpaired) electrons. The highest BCUT2D eigenvalue weighted by Gasteiger charge is 2.40. The van der Waals surface area contributed by atoms with Gasteiger partial charge in [0.25, 0.3) is 0 Å². The smallest absolute Gasteiger partial charge is 0.206 e. The van der Waals surface area contributed by atoms with Crippen LogP contribution in [0.15, 0.2) is 78.4 Å². The van der Waals surface area contributed by atoms with Crippen molar-refractivity contribution in [2.75, 3.05) is 0 Å². The van der Waals surface area contributed by atoms with Gasteiger partial charge in [0.2, 0.25) is 5.13 Å². The zero-order chi connectivity index (χ0) is 16.5. The molecule has 4 heteroatoms. The summed E-state index contributed by atoms with van der Waals surface area (Å²) in [5.74, 6) is 0. The highest BCUT2D eigenvalue weighted by molar-refractivity contribution is 6.30. The first-order chi connectivity index (χ1) is 10.9. The van der Waals surface area contributed by atoms with Gasteiger partial charge in [0.1, 0.15) is 5.60 Å². The molecule has 0 heterocycles. The fraction of sp³-hybridized carbons (Fsp3) is 0.158. The van der Waals surface area contributed by atoms with E-state index < -0.39 is 10.7 Å². The van der Waals surface area contributed by atoms with E-state index in [1.54, 1.807) is 42.5 Å². The van der Waals surface area contributed by atoms with Gasteiger partial charge in [-0.15, -0.1) is 0 Å². The third-order valence-corrected chi connectivity index (χ3v) is 4.46. The van der Waals surface area contributed by atoms with E-state index in [2.05, 4.69) is 0 Å². The predicted octanol–water partition coefficient (Wildman–Crippen LogP) is 5.37. The Kier molecular flexibility index (Phi) is 4.33. The molecule has 0 bridgehead atoms. The Morgan fingerprint density at radius 3 is 2.39 bits per heavy atom. The summed E-state index contributed by atoms with van der Waals surface area (Å²) >= 11 is 11.9. The molecule has 0 amide bonds. The van der Waals surface area contributed by atoms with Crippen LogP contribution in [0, 0.1) is 0 Å². The number of rotatable bonds is 3. The van der Waals surface area contributed by atoms with Gasteiger partial charge >= 0.3 is 0 Å². The summed E-state index contributed by atoms with van der Waals surface area (Å²) in [5, 5.41) is 10.0. The van der Waals surface area contributed by atoms with Gasteiger partial charge in [-0.2, -0.15) is 0 Å². The number of aliphatic hydroxyl groups is 1. The van der Waals surface area contributed by atoms with E-state index in [9.17, 15) is 9.50 Å². The highest BCUT2D eigenvalue weighted by Crippen LogP contribution is 2.44. The third kappa shape index (κ3) is 3.20. The van der Waals surface area contributed by atoms with Gasteiger partial charge in [-0.05, 0) is 34.9 Å². The molecule has 2 atom stereocenters. The van der Waals surface area contributed by atoms with E-state index in [1.807, 2.05) is 18.2 Å². The second kappa shape index (κ2) is 6.12. The molecule has 0 saturated heterocycles. The monoisotopic (exact) mass is 348 g/mol. The second-order valence-corrected chi connectivity index (χ2v) is 6.64. The summed E-state index contributed by atoms with van der Waals surface area (Å²) < 4.78 is 14.3. The molecule has 1 aliphatic carbocycles. The van der Waals surface area contributed by atoms with Crippen molar-refractivity contribution in [2.45, 2.75) is 17.1 Å². The van der Waals surface area contributed by atoms with E-state index in [0.717, 1.165) is 0 Å². The Morgan fingerprint density at radius 2 is 1.74 bits per heavy atom. The van der Waals surface area contributed by atoms with Crippen molar-refractivity contribution < 1.29 is 9.50 Å². The fourth-order valence-corrected chi connectivity index (χ4v) is 3.26. The normalized spacial score (nSPS) is 23.2. The summed E-state index contributed by atoms with van der Waals surface area (Å²) in [6.45, 7) is 0. The highest BCUT2D eigenvalue weighted by atomic mass is 35.5. The number of benzene rings is 2. The van der Waals surface area contributed by atoms with Gasteiger partial charge in [0.05, 0.1) is 0 Å². The van der Waals surface area contributed by atoms with Crippen LogP contribution in [0.3, 0.4) is 0 Å². The van der Waals surface area contributed by atoms with E-state index in [0.29, 0.717) is 21.7 Å². The summed E-state index contributed by atoms with van der Waals surface area (Å²) in [6, 6.07) is 16.1. The third-order valence-electron chi connectivity index (χ3n) is 3.96. The van der Waals surface area contributed by atoms with Crippen molar-refractivity contribution in [2.24, 2.45) is 0 Å². The zero-order valence-electron chi connectivity index (χ0n) is 12.2. The predicted molar refractivity (Wildman–Crippen MR) is 92.4 cm³/mol. The van der Waals surface area contributed by atoms with Crippen LogP contribution in [0.25, 0.3) is 0 Å². The van der Waals surface area contributed by atoms with Gasteiger partial charge in [-0.3, -0.25) is 0 Å². The first-order valence-electron chi connectivity index (χ1n) is 7.22. The number of hydrogen-bond acceptors (Lipinski definition) is 1. The van der Waals surface area contributed by atoms with E-state index in [4.69, 9.17) is 23.2 Å². The minimum atomic E-state index is -2.01. The molecule has 1 nitrogen and oxygen atoms in total. The maximum absolute atomic E-state index is 14.3. The lowest BCUT2D eigenvalue weighted by Crippen LogP contribution is -2.33. The lowest BCUT2D eigenvalue weighted by molar-refractivity contribution is 0.110. The van der Waals surface area contributed by atoms with Gasteiger partial charge in [0.15, 0.2) is 0 Å². The summed E-state index contributed by atoms with van der Waals surface area (Å²) in [7, 11) is 0. The van der Waals surface area contributed by atoms with Crippen LogP contribution < -0.4 is 0 Å². The minimum Gasteiger partial charge on any atom is -0.376 e. The number of halogens is 3. The topological polar surface area (TPSA) is 20.2 Å². The maximum atomic E-state index is 14.3. The molecular formula is C19H15Cl2FO. The average molecular weight is 349 g/mol. The quantitative estimate of drug-likeness (QED) is 0.739. The zero-order valence-corrected chi connectivity index (χ0v) is 13.7. The SMILES string of the molecule is OC(C1=CC=CC(F)(Cl)C1)(c1ccccc1)c1cccc(Cl)c1. The lowest BCUT2D eigenvalue weighted by atomic mass is 9.77. The maximum Gasteiger partial charge on any atom is 0.206 e. The summed E-state index contributed by atoms with van der Waals surface area (Å²) in [6.07, 6.45) is 4.41. The molecule has 0 aliphatic heterocycles. The molecule has 0 saturated carbocycles. The Balaban J connectivity index is 2.19. The second-order valence-electron chi connectivity index (χ2n) is 5.58. The number of hydrogen-bond donors (Lipinski definition) is 1. The molecule has 2 unspecified atom stereocenters. The Hall–Kier alpha value is -1.61. The first-order valence-corrected chi connectivity index (χ1v) is 7.98. The van der Waals surface area contributed by atoms with Gasteiger partial charge in [-0.25, -0.2) is 4.39 Å². The van der Waals surface area contributed by atoms with Crippen LogP contribution in [-0.4, -0.2) is 10.2 Å². The van der Waals surface area contributed by atoms with Crippen LogP contribution >= 0.6 is 23.2 Å². The van der Waals surface area contributed by atoms with Gasteiger partial charge in [-0.1, -0.05) is 77.8 Å². The summed E-state index contributed by atoms with van der Waals surface area (Å²) in [5.41, 5.74) is 0.191. The molecule has 3 rings (SSSR count). The Morgan fingerprint density at radius 1 is 1.04 bits per heavy atom. The van der Waals surface area contributed by atoms with E-state index in [-0.39, 0.29) is 6.42 Å².